The fourth-order valence-electron chi connectivity index (χ4n) is 2.38. The number of methoxy groups -OCH3 is 1. The molecule has 4 nitrogen and oxygen atoms in total. The van der Waals surface area contributed by atoms with Crippen LogP contribution in [0.5, 0.6) is 5.75 Å². The van der Waals surface area contributed by atoms with Crippen LogP contribution in [0.3, 0.4) is 0 Å². The number of ether oxygens (including phenoxy) is 1. The van der Waals surface area contributed by atoms with Crippen LogP contribution < -0.4 is 10.1 Å². The van der Waals surface area contributed by atoms with E-state index in [0.29, 0.717) is 27.4 Å². The number of thiazole rings is 1. The van der Waals surface area contributed by atoms with Crippen LogP contribution in [0.1, 0.15) is 35.7 Å². The number of aromatic nitrogens is 1. The first kappa shape index (κ1) is 16.7. The van der Waals surface area contributed by atoms with Crippen LogP contribution in [-0.4, -0.2) is 18.0 Å². The van der Waals surface area contributed by atoms with Crippen LogP contribution in [0.25, 0.3) is 10.2 Å². The number of carbonyl (C=O) groups excluding carboxylic acids is 1. The highest BCUT2D eigenvalue weighted by atomic mass is 35.5. The second kappa shape index (κ2) is 6.79. The smallest absolute Gasteiger partial charge is 0.261 e. The topological polar surface area (TPSA) is 51.2 Å². The van der Waals surface area contributed by atoms with Crippen molar-refractivity contribution in [2.45, 2.75) is 19.8 Å². The lowest BCUT2D eigenvalue weighted by molar-refractivity contribution is 0.102. The zero-order chi connectivity index (χ0) is 17.3. The van der Waals surface area contributed by atoms with Gasteiger partial charge in [-0.3, -0.25) is 10.1 Å². The number of rotatable bonds is 4. The molecule has 0 aliphatic rings. The Bertz CT molecular complexity index is 905. The summed E-state index contributed by atoms with van der Waals surface area (Å²) in [6.07, 6.45) is 0. The number of carbonyl (C=O) groups is 1. The Balaban J connectivity index is 1.89. The normalized spacial score (nSPS) is 11.0. The van der Waals surface area contributed by atoms with Gasteiger partial charge >= 0.3 is 0 Å². The molecule has 0 unspecified atom stereocenters. The second-order valence-corrected chi connectivity index (χ2v) is 7.17. The summed E-state index contributed by atoms with van der Waals surface area (Å²) in [5, 5.41) is 3.86. The number of benzene rings is 2. The molecule has 2 aromatic carbocycles. The summed E-state index contributed by atoms with van der Waals surface area (Å²) in [5.74, 6) is 0.628. The van der Waals surface area contributed by atoms with E-state index < -0.39 is 0 Å². The Hall–Kier alpha value is -2.11. The van der Waals surface area contributed by atoms with Crippen molar-refractivity contribution >= 4 is 44.2 Å². The number of nitrogens with one attached hydrogen (secondary N) is 1. The lowest BCUT2D eigenvalue weighted by Gasteiger charge is -2.08. The first-order valence-electron chi connectivity index (χ1n) is 7.53. The number of hydrogen-bond donors (Lipinski definition) is 1. The molecule has 1 aromatic heterocycles. The molecule has 0 saturated carbocycles. The van der Waals surface area contributed by atoms with E-state index in [4.69, 9.17) is 16.3 Å². The highest BCUT2D eigenvalue weighted by Crippen LogP contribution is 2.30. The van der Waals surface area contributed by atoms with Crippen molar-refractivity contribution in [3.63, 3.8) is 0 Å². The summed E-state index contributed by atoms with van der Waals surface area (Å²) in [5.41, 5.74) is 2.51. The third-order valence-corrected chi connectivity index (χ3v) is 4.87. The summed E-state index contributed by atoms with van der Waals surface area (Å²) in [6, 6.07) is 11.1. The van der Waals surface area contributed by atoms with E-state index in [1.165, 1.54) is 24.0 Å². The molecule has 0 spiro atoms. The Morgan fingerprint density at radius 2 is 2.04 bits per heavy atom. The average Bonchev–Trinajstić information content (AvgIpc) is 2.95. The van der Waals surface area contributed by atoms with Gasteiger partial charge in [0.05, 0.1) is 22.9 Å². The molecule has 0 fully saturated rings. The van der Waals surface area contributed by atoms with Crippen LogP contribution in [-0.2, 0) is 0 Å². The number of halogens is 1. The minimum absolute atomic E-state index is 0.294. The molecule has 1 N–H and O–H groups in total. The van der Waals surface area contributed by atoms with Crippen molar-refractivity contribution in [3.05, 3.63) is 52.5 Å². The molecular weight excluding hydrogens is 344 g/mol. The van der Waals surface area contributed by atoms with Gasteiger partial charge in [0.15, 0.2) is 5.13 Å². The van der Waals surface area contributed by atoms with Crippen LogP contribution in [0, 0.1) is 0 Å². The summed E-state index contributed by atoms with van der Waals surface area (Å²) in [6.45, 7) is 4.30. The minimum atomic E-state index is -0.294. The highest BCUT2D eigenvalue weighted by molar-refractivity contribution is 7.22. The minimum Gasteiger partial charge on any atom is -0.496 e. The van der Waals surface area contributed by atoms with Gasteiger partial charge in [0.2, 0.25) is 0 Å². The van der Waals surface area contributed by atoms with E-state index in [2.05, 4.69) is 36.3 Å². The lowest BCUT2D eigenvalue weighted by atomic mass is 10.0. The summed E-state index contributed by atoms with van der Waals surface area (Å²) < 4.78 is 6.27. The molecule has 6 heteroatoms. The lowest BCUT2D eigenvalue weighted by Crippen LogP contribution is -2.13. The van der Waals surface area contributed by atoms with Crippen molar-refractivity contribution in [1.29, 1.82) is 0 Å². The molecule has 1 heterocycles. The van der Waals surface area contributed by atoms with Crippen LogP contribution in [0.2, 0.25) is 5.02 Å². The summed E-state index contributed by atoms with van der Waals surface area (Å²) >= 11 is 7.44. The Kier molecular flexibility index (Phi) is 4.73. The van der Waals surface area contributed by atoms with Gasteiger partial charge < -0.3 is 4.74 Å². The van der Waals surface area contributed by atoms with Gasteiger partial charge in [0.1, 0.15) is 5.75 Å². The van der Waals surface area contributed by atoms with E-state index >= 15 is 0 Å². The summed E-state index contributed by atoms with van der Waals surface area (Å²) in [7, 11) is 1.52. The largest absolute Gasteiger partial charge is 0.496 e. The van der Waals surface area contributed by atoms with E-state index in [0.717, 1.165) is 10.2 Å². The number of fused-ring (bicyclic) bond motifs is 1. The maximum Gasteiger partial charge on any atom is 0.261 e. The van der Waals surface area contributed by atoms with E-state index in [9.17, 15) is 4.79 Å². The van der Waals surface area contributed by atoms with Crippen molar-refractivity contribution in [2.75, 3.05) is 12.4 Å². The Morgan fingerprint density at radius 3 is 2.75 bits per heavy atom. The van der Waals surface area contributed by atoms with E-state index in [1.54, 1.807) is 18.2 Å². The molecule has 0 radical (unpaired) electrons. The molecular formula is C18H17ClN2O2S. The van der Waals surface area contributed by atoms with E-state index in [1.807, 2.05) is 6.07 Å². The molecule has 0 atom stereocenters. The molecule has 0 bridgehead atoms. The summed E-state index contributed by atoms with van der Waals surface area (Å²) in [4.78, 5) is 17.0. The number of amides is 1. The molecule has 24 heavy (non-hydrogen) atoms. The maximum atomic E-state index is 12.5. The first-order valence-corrected chi connectivity index (χ1v) is 8.72. The van der Waals surface area contributed by atoms with Gasteiger partial charge in [-0.25, -0.2) is 4.98 Å². The standard InChI is InChI=1S/C18H17ClN2O2S/c1-10(2)11-4-6-14-16(8-11)24-18(20-14)21-17(22)13-9-12(19)5-7-15(13)23-3/h4-10H,1-3H3,(H,20,21,22). The van der Waals surface area contributed by atoms with Gasteiger partial charge in [0, 0.05) is 5.02 Å². The van der Waals surface area contributed by atoms with E-state index in [-0.39, 0.29) is 5.91 Å². The SMILES string of the molecule is COc1ccc(Cl)cc1C(=O)Nc1nc2ccc(C(C)C)cc2s1. The predicted octanol–water partition coefficient (Wildman–Crippen LogP) is 5.33. The molecule has 0 saturated heterocycles. The average molecular weight is 361 g/mol. The number of hydrogen-bond acceptors (Lipinski definition) is 4. The van der Waals surface area contributed by atoms with Gasteiger partial charge in [-0.2, -0.15) is 0 Å². The monoisotopic (exact) mass is 360 g/mol. The fraction of sp³-hybridized carbons (Fsp3) is 0.222. The zero-order valence-electron chi connectivity index (χ0n) is 13.6. The predicted molar refractivity (Wildman–Crippen MR) is 99.7 cm³/mol. The quantitative estimate of drug-likeness (QED) is 0.683. The van der Waals surface area contributed by atoms with Gasteiger partial charge in [-0.15, -0.1) is 0 Å². The van der Waals surface area contributed by atoms with Crippen molar-refractivity contribution in [1.82, 2.24) is 4.98 Å². The third kappa shape index (κ3) is 3.37. The van der Waals surface area contributed by atoms with Gasteiger partial charge in [-0.1, -0.05) is 42.9 Å². The first-order chi connectivity index (χ1) is 11.5. The highest BCUT2D eigenvalue weighted by Gasteiger charge is 2.15. The number of nitrogens with zero attached hydrogens (tertiary/aromatic N) is 1. The molecule has 0 aliphatic heterocycles. The zero-order valence-corrected chi connectivity index (χ0v) is 15.2. The molecule has 3 rings (SSSR count). The Labute approximate surface area is 149 Å². The van der Waals surface area contributed by atoms with Crippen LogP contribution in [0.4, 0.5) is 5.13 Å². The third-order valence-electron chi connectivity index (χ3n) is 3.71. The van der Waals surface area contributed by atoms with Crippen LogP contribution >= 0.6 is 22.9 Å². The maximum absolute atomic E-state index is 12.5. The van der Waals surface area contributed by atoms with Crippen LogP contribution in [0.15, 0.2) is 36.4 Å². The fourth-order valence-corrected chi connectivity index (χ4v) is 3.46. The number of anilines is 1. The van der Waals surface area contributed by atoms with Crippen molar-refractivity contribution in [2.24, 2.45) is 0 Å². The second-order valence-electron chi connectivity index (χ2n) is 5.70. The van der Waals surface area contributed by atoms with Crippen molar-refractivity contribution < 1.29 is 9.53 Å². The Morgan fingerprint density at radius 1 is 1.25 bits per heavy atom. The molecule has 0 aliphatic carbocycles. The molecule has 3 aromatic rings. The molecule has 1 amide bonds. The molecule has 124 valence electrons. The van der Waals surface area contributed by atoms with Gasteiger partial charge in [0.25, 0.3) is 5.91 Å². The van der Waals surface area contributed by atoms with Crippen molar-refractivity contribution in [3.8, 4) is 5.75 Å². The van der Waals surface area contributed by atoms with Gasteiger partial charge in [-0.05, 0) is 41.8 Å².